The standard InChI is InChI=1S/C16H23N5O/c1-20(17)13-7-10-21(11-13)9-6-12-5-8-18-14-3-4-15(22-2)19-16(12)14/h3-5,8,13H,6-7,9-11,17H2,1-2H3. The number of rotatable bonds is 5. The summed E-state index contributed by atoms with van der Waals surface area (Å²) < 4.78 is 5.23. The predicted octanol–water partition coefficient (Wildman–Crippen LogP) is 1.06. The molecule has 0 aliphatic carbocycles. The second-order valence-corrected chi connectivity index (χ2v) is 5.85. The average molecular weight is 301 g/mol. The molecule has 0 radical (unpaired) electrons. The van der Waals surface area contributed by atoms with Crippen molar-refractivity contribution in [3.8, 4) is 5.88 Å². The summed E-state index contributed by atoms with van der Waals surface area (Å²) in [4.78, 5) is 11.4. The van der Waals surface area contributed by atoms with E-state index in [0.29, 0.717) is 11.9 Å². The number of likely N-dealkylation sites (N-methyl/N-ethyl adjacent to an activating group) is 1. The SMILES string of the molecule is COc1ccc2nccc(CCN3CCC(N(C)N)C3)c2n1. The number of likely N-dealkylation sites (tertiary alicyclic amines) is 1. The third-order valence-electron chi connectivity index (χ3n) is 4.37. The summed E-state index contributed by atoms with van der Waals surface area (Å²) >= 11 is 0. The van der Waals surface area contributed by atoms with Crippen LogP contribution in [0, 0.1) is 0 Å². The van der Waals surface area contributed by atoms with Crippen molar-refractivity contribution in [2.45, 2.75) is 18.9 Å². The zero-order valence-electron chi connectivity index (χ0n) is 13.2. The second-order valence-electron chi connectivity index (χ2n) is 5.85. The van der Waals surface area contributed by atoms with Gasteiger partial charge in [-0.15, -0.1) is 0 Å². The van der Waals surface area contributed by atoms with Gasteiger partial charge in [-0.25, -0.2) is 9.99 Å². The molecule has 2 aromatic rings. The number of ether oxygens (including phenoxy) is 1. The fourth-order valence-corrected chi connectivity index (χ4v) is 3.00. The molecule has 0 bridgehead atoms. The van der Waals surface area contributed by atoms with Crippen LogP contribution in [-0.4, -0.2) is 59.7 Å². The van der Waals surface area contributed by atoms with Gasteiger partial charge < -0.3 is 9.64 Å². The van der Waals surface area contributed by atoms with Crippen molar-refractivity contribution in [2.75, 3.05) is 33.8 Å². The van der Waals surface area contributed by atoms with Gasteiger partial charge in [-0.2, -0.15) is 0 Å². The topological polar surface area (TPSA) is 67.5 Å². The van der Waals surface area contributed by atoms with Crippen LogP contribution in [0.3, 0.4) is 0 Å². The first-order chi connectivity index (χ1) is 10.7. The van der Waals surface area contributed by atoms with Crippen LogP contribution in [-0.2, 0) is 6.42 Å². The maximum Gasteiger partial charge on any atom is 0.213 e. The Morgan fingerprint density at radius 1 is 1.41 bits per heavy atom. The number of hydrogen-bond acceptors (Lipinski definition) is 6. The summed E-state index contributed by atoms with van der Waals surface area (Å²) in [6.45, 7) is 3.15. The Labute approximate surface area is 130 Å². The highest BCUT2D eigenvalue weighted by Crippen LogP contribution is 2.20. The Hall–Kier alpha value is -1.76. The molecule has 0 spiro atoms. The van der Waals surface area contributed by atoms with Crippen molar-refractivity contribution < 1.29 is 4.74 Å². The number of nitrogens with two attached hydrogens (primary N) is 1. The van der Waals surface area contributed by atoms with E-state index in [0.717, 1.165) is 43.5 Å². The maximum absolute atomic E-state index is 5.85. The largest absolute Gasteiger partial charge is 0.481 e. The van der Waals surface area contributed by atoms with Gasteiger partial charge in [-0.3, -0.25) is 10.8 Å². The van der Waals surface area contributed by atoms with Gasteiger partial charge in [0, 0.05) is 38.4 Å². The fraction of sp³-hybridized carbons (Fsp3) is 0.500. The molecule has 1 aliphatic rings. The number of aromatic nitrogens is 2. The highest BCUT2D eigenvalue weighted by Gasteiger charge is 2.24. The molecule has 1 saturated heterocycles. The molecular weight excluding hydrogens is 278 g/mol. The van der Waals surface area contributed by atoms with Crippen LogP contribution in [0.5, 0.6) is 5.88 Å². The van der Waals surface area contributed by atoms with Crippen molar-refractivity contribution in [1.29, 1.82) is 0 Å². The third-order valence-corrected chi connectivity index (χ3v) is 4.37. The van der Waals surface area contributed by atoms with Gasteiger partial charge >= 0.3 is 0 Å². The lowest BCUT2D eigenvalue weighted by Gasteiger charge is -2.20. The molecule has 0 saturated carbocycles. The summed E-state index contributed by atoms with van der Waals surface area (Å²) in [7, 11) is 3.58. The maximum atomic E-state index is 5.85. The molecule has 1 aliphatic heterocycles. The van der Waals surface area contributed by atoms with Crippen LogP contribution in [0.2, 0.25) is 0 Å². The van der Waals surface area contributed by atoms with Crippen molar-refractivity contribution in [3.05, 3.63) is 30.0 Å². The molecule has 0 amide bonds. The summed E-state index contributed by atoms with van der Waals surface area (Å²) in [6.07, 6.45) is 3.95. The molecule has 2 N–H and O–H groups in total. The number of hydrazine groups is 1. The molecule has 22 heavy (non-hydrogen) atoms. The Morgan fingerprint density at radius 2 is 2.27 bits per heavy atom. The molecule has 1 unspecified atom stereocenters. The van der Waals surface area contributed by atoms with Gasteiger partial charge in [0.2, 0.25) is 5.88 Å². The molecule has 1 fully saturated rings. The summed E-state index contributed by atoms with van der Waals surface area (Å²) in [5.74, 6) is 6.48. The Kier molecular flexibility index (Phi) is 4.52. The van der Waals surface area contributed by atoms with Crippen LogP contribution < -0.4 is 10.6 Å². The smallest absolute Gasteiger partial charge is 0.213 e. The number of fused-ring (bicyclic) bond motifs is 1. The highest BCUT2D eigenvalue weighted by atomic mass is 16.5. The van der Waals surface area contributed by atoms with Gasteiger partial charge in [0.1, 0.15) is 0 Å². The summed E-state index contributed by atoms with van der Waals surface area (Å²) in [6, 6.07) is 6.32. The number of hydrogen-bond donors (Lipinski definition) is 1. The molecule has 2 aromatic heterocycles. The van der Waals surface area contributed by atoms with Crippen molar-refractivity contribution >= 4 is 11.0 Å². The van der Waals surface area contributed by atoms with Gasteiger partial charge in [-0.1, -0.05) is 0 Å². The van der Waals surface area contributed by atoms with E-state index >= 15 is 0 Å². The minimum absolute atomic E-state index is 0.465. The third kappa shape index (κ3) is 3.19. The summed E-state index contributed by atoms with van der Waals surface area (Å²) in [5.41, 5.74) is 3.07. The first-order valence-corrected chi connectivity index (χ1v) is 7.66. The molecule has 1 atom stereocenters. The first-order valence-electron chi connectivity index (χ1n) is 7.66. The minimum atomic E-state index is 0.465. The Bertz CT molecular complexity index is 645. The first kappa shape index (κ1) is 15.1. The monoisotopic (exact) mass is 301 g/mol. The van der Waals surface area contributed by atoms with E-state index in [1.54, 1.807) is 7.11 Å². The molecule has 6 nitrogen and oxygen atoms in total. The lowest BCUT2D eigenvalue weighted by molar-refractivity contribution is 0.238. The summed E-state index contributed by atoms with van der Waals surface area (Å²) in [5, 5.41) is 1.83. The lowest BCUT2D eigenvalue weighted by Crippen LogP contribution is -2.39. The lowest BCUT2D eigenvalue weighted by atomic mass is 10.1. The van der Waals surface area contributed by atoms with E-state index < -0.39 is 0 Å². The zero-order chi connectivity index (χ0) is 15.5. The van der Waals surface area contributed by atoms with Gasteiger partial charge in [0.05, 0.1) is 18.1 Å². The van der Waals surface area contributed by atoms with Crippen LogP contribution in [0.25, 0.3) is 11.0 Å². The van der Waals surface area contributed by atoms with Crippen LogP contribution in [0.4, 0.5) is 0 Å². The minimum Gasteiger partial charge on any atom is -0.481 e. The molecule has 118 valence electrons. The van der Waals surface area contributed by atoms with E-state index in [-0.39, 0.29) is 0 Å². The van der Waals surface area contributed by atoms with Crippen LogP contribution in [0.1, 0.15) is 12.0 Å². The molecule has 3 rings (SSSR count). The molecule has 6 heteroatoms. The van der Waals surface area contributed by atoms with E-state index in [9.17, 15) is 0 Å². The highest BCUT2D eigenvalue weighted by molar-refractivity contribution is 5.78. The molecule has 3 heterocycles. The van der Waals surface area contributed by atoms with Gasteiger partial charge in [-0.05, 0) is 37.1 Å². The Morgan fingerprint density at radius 3 is 3.00 bits per heavy atom. The van der Waals surface area contributed by atoms with Crippen LogP contribution >= 0.6 is 0 Å². The van der Waals surface area contributed by atoms with E-state index in [1.165, 1.54) is 5.56 Å². The van der Waals surface area contributed by atoms with E-state index in [2.05, 4.69) is 20.9 Å². The van der Waals surface area contributed by atoms with Crippen molar-refractivity contribution in [1.82, 2.24) is 19.9 Å². The van der Waals surface area contributed by atoms with E-state index in [1.807, 2.05) is 30.4 Å². The molecular formula is C16H23N5O. The van der Waals surface area contributed by atoms with E-state index in [4.69, 9.17) is 10.6 Å². The number of methoxy groups -OCH3 is 1. The second kappa shape index (κ2) is 6.56. The zero-order valence-corrected chi connectivity index (χ0v) is 13.2. The van der Waals surface area contributed by atoms with Crippen molar-refractivity contribution in [2.24, 2.45) is 5.84 Å². The Balaban J connectivity index is 1.71. The van der Waals surface area contributed by atoms with Gasteiger partial charge in [0.25, 0.3) is 0 Å². The van der Waals surface area contributed by atoms with Crippen molar-refractivity contribution in [3.63, 3.8) is 0 Å². The van der Waals surface area contributed by atoms with Crippen LogP contribution in [0.15, 0.2) is 24.4 Å². The predicted molar refractivity (Wildman–Crippen MR) is 86.6 cm³/mol. The molecule has 0 aromatic carbocycles. The quantitative estimate of drug-likeness (QED) is 0.658. The number of pyridine rings is 2. The average Bonchev–Trinajstić information content (AvgIpc) is 3.01. The van der Waals surface area contributed by atoms with Gasteiger partial charge in [0.15, 0.2) is 0 Å². The normalized spacial score (nSPS) is 19.2. The number of nitrogens with zero attached hydrogens (tertiary/aromatic N) is 4. The fourth-order valence-electron chi connectivity index (χ4n) is 3.00.